The van der Waals surface area contributed by atoms with Gasteiger partial charge in [-0.25, -0.2) is 0 Å². The summed E-state index contributed by atoms with van der Waals surface area (Å²) in [5, 5.41) is 6.31. The van der Waals surface area contributed by atoms with Crippen molar-refractivity contribution in [3.63, 3.8) is 0 Å². The van der Waals surface area contributed by atoms with E-state index in [0.29, 0.717) is 25.6 Å². The highest BCUT2D eigenvalue weighted by molar-refractivity contribution is 7.99. The number of carbonyl (C=O) groups is 1. The molecule has 1 amide bonds. The molecule has 1 atom stereocenters. The minimum absolute atomic E-state index is 0.115. The van der Waals surface area contributed by atoms with Gasteiger partial charge in [0, 0.05) is 37.1 Å². The molecule has 22 heavy (non-hydrogen) atoms. The molecule has 0 aromatic heterocycles. The number of carbonyl (C=O) groups excluding carboxylic acids is 1. The number of nitrogens with one attached hydrogen (secondary N) is 2. The average molecular weight is 324 g/mol. The lowest BCUT2D eigenvalue weighted by Gasteiger charge is -2.22. The fourth-order valence-electron chi connectivity index (χ4n) is 2.21. The Balaban J connectivity index is 1.53. The van der Waals surface area contributed by atoms with E-state index in [-0.39, 0.29) is 5.91 Å². The molecule has 0 radical (unpaired) electrons. The SMILES string of the molecule is COc1ccc(OCCCNC(=O)CC2CSCCN2)cc1. The van der Waals surface area contributed by atoms with Gasteiger partial charge in [-0.3, -0.25) is 4.79 Å². The van der Waals surface area contributed by atoms with E-state index in [4.69, 9.17) is 9.47 Å². The normalized spacial score (nSPS) is 17.8. The molecule has 2 N–H and O–H groups in total. The minimum atomic E-state index is 0.115. The van der Waals surface area contributed by atoms with E-state index >= 15 is 0 Å². The van der Waals surface area contributed by atoms with Crippen LogP contribution in [0.3, 0.4) is 0 Å². The van der Waals surface area contributed by atoms with Crippen molar-refractivity contribution >= 4 is 17.7 Å². The molecule has 5 nitrogen and oxygen atoms in total. The third-order valence-electron chi connectivity index (χ3n) is 3.40. The van der Waals surface area contributed by atoms with Crippen molar-refractivity contribution in [1.82, 2.24) is 10.6 Å². The molecule has 1 aliphatic heterocycles. The van der Waals surface area contributed by atoms with Gasteiger partial charge in [0.2, 0.25) is 5.91 Å². The Morgan fingerprint density at radius 2 is 2.14 bits per heavy atom. The number of benzene rings is 1. The van der Waals surface area contributed by atoms with Gasteiger partial charge in [-0.15, -0.1) is 0 Å². The third-order valence-corrected chi connectivity index (χ3v) is 4.53. The van der Waals surface area contributed by atoms with Crippen LogP contribution in [0, 0.1) is 0 Å². The third kappa shape index (κ3) is 6.15. The van der Waals surface area contributed by atoms with Crippen molar-refractivity contribution in [2.75, 3.05) is 38.3 Å². The Hall–Kier alpha value is -1.40. The Labute approximate surface area is 136 Å². The van der Waals surface area contributed by atoms with Gasteiger partial charge in [0.05, 0.1) is 13.7 Å². The molecule has 1 heterocycles. The van der Waals surface area contributed by atoms with Gasteiger partial charge in [-0.2, -0.15) is 11.8 Å². The molecule has 0 spiro atoms. The van der Waals surface area contributed by atoms with Gasteiger partial charge >= 0.3 is 0 Å². The fraction of sp³-hybridized carbons (Fsp3) is 0.562. The second kappa shape index (κ2) is 9.58. The lowest BCUT2D eigenvalue weighted by molar-refractivity contribution is -0.121. The van der Waals surface area contributed by atoms with E-state index in [1.54, 1.807) is 7.11 Å². The Bertz CT molecular complexity index is 447. The van der Waals surface area contributed by atoms with Gasteiger partial charge in [0.1, 0.15) is 11.5 Å². The molecule has 122 valence electrons. The minimum Gasteiger partial charge on any atom is -0.497 e. The molecular weight excluding hydrogens is 300 g/mol. The summed E-state index contributed by atoms with van der Waals surface area (Å²) in [7, 11) is 1.64. The number of hydrogen-bond donors (Lipinski definition) is 2. The van der Waals surface area contributed by atoms with Crippen LogP contribution in [0.2, 0.25) is 0 Å². The van der Waals surface area contributed by atoms with Crippen LogP contribution < -0.4 is 20.1 Å². The maximum absolute atomic E-state index is 11.8. The van der Waals surface area contributed by atoms with Crippen LogP contribution in [0.1, 0.15) is 12.8 Å². The second-order valence-corrected chi connectivity index (χ2v) is 6.31. The first-order valence-electron chi connectivity index (χ1n) is 7.62. The monoisotopic (exact) mass is 324 g/mol. The van der Waals surface area contributed by atoms with Crippen molar-refractivity contribution in [3.8, 4) is 11.5 Å². The van der Waals surface area contributed by atoms with E-state index in [2.05, 4.69) is 10.6 Å². The zero-order valence-electron chi connectivity index (χ0n) is 13.0. The summed E-state index contributed by atoms with van der Waals surface area (Å²) in [6.07, 6.45) is 1.36. The van der Waals surface area contributed by atoms with Crippen LogP contribution in [-0.2, 0) is 4.79 Å². The fourth-order valence-corrected chi connectivity index (χ4v) is 3.16. The molecule has 1 unspecified atom stereocenters. The van der Waals surface area contributed by atoms with E-state index in [9.17, 15) is 4.79 Å². The van der Waals surface area contributed by atoms with Crippen LogP contribution in [0.25, 0.3) is 0 Å². The number of rotatable bonds is 8. The van der Waals surface area contributed by atoms with Crippen LogP contribution in [-0.4, -0.2) is 50.3 Å². The number of amides is 1. The molecule has 2 rings (SSSR count). The lowest BCUT2D eigenvalue weighted by atomic mass is 10.2. The van der Waals surface area contributed by atoms with E-state index in [1.165, 1.54) is 0 Å². The van der Waals surface area contributed by atoms with Gasteiger partial charge in [0.25, 0.3) is 0 Å². The first kappa shape index (κ1) is 17.0. The van der Waals surface area contributed by atoms with E-state index in [0.717, 1.165) is 36.0 Å². The molecular formula is C16H24N2O3S. The van der Waals surface area contributed by atoms with Crippen LogP contribution in [0.4, 0.5) is 0 Å². The molecule has 0 aliphatic carbocycles. The molecule has 1 saturated heterocycles. The zero-order chi connectivity index (χ0) is 15.6. The lowest BCUT2D eigenvalue weighted by Crippen LogP contribution is -2.41. The molecule has 6 heteroatoms. The van der Waals surface area contributed by atoms with Gasteiger partial charge in [-0.05, 0) is 30.7 Å². The Morgan fingerprint density at radius 1 is 1.36 bits per heavy atom. The van der Waals surface area contributed by atoms with Crippen molar-refractivity contribution < 1.29 is 14.3 Å². The first-order valence-corrected chi connectivity index (χ1v) is 8.78. The number of methoxy groups -OCH3 is 1. The molecule has 0 bridgehead atoms. The van der Waals surface area contributed by atoms with Crippen molar-refractivity contribution in [3.05, 3.63) is 24.3 Å². The van der Waals surface area contributed by atoms with Crippen molar-refractivity contribution in [2.24, 2.45) is 0 Å². The molecule has 1 aliphatic rings. The van der Waals surface area contributed by atoms with E-state index in [1.807, 2.05) is 36.0 Å². The van der Waals surface area contributed by atoms with Crippen LogP contribution >= 0.6 is 11.8 Å². The standard InChI is InChI=1S/C16H24N2O3S/c1-20-14-3-5-15(6-4-14)21-9-2-7-18-16(19)11-13-12-22-10-8-17-13/h3-6,13,17H,2,7-12H2,1H3,(H,18,19). The zero-order valence-corrected chi connectivity index (χ0v) is 13.8. The second-order valence-electron chi connectivity index (χ2n) is 5.16. The molecule has 1 fully saturated rings. The summed E-state index contributed by atoms with van der Waals surface area (Å²) >= 11 is 1.91. The highest BCUT2D eigenvalue weighted by Crippen LogP contribution is 2.16. The average Bonchev–Trinajstić information content (AvgIpc) is 2.56. The number of ether oxygens (including phenoxy) is 2. The Kier molecular flexibility index (Phi) is 7.39. The largest absolute Gasteiger partial charge is 0.497 e. The van der Waals surface area contributed by atoms with Crippen LogP contribution in [0.5, 0.6) is 11.5 Å². The van der Waals surface area contributed by atoms with Crippen molar-refractivity contribution in [2.45, 2.75) is 18.9 Å². The summed E-state index contributed by atoms with van der Waals surface area (Å²) in [6, 6.07) is 7.81. The first-order chi connectivity index (χ1) is 10.8. The molecule has 0 saturated carbocycles. The summed E-state index contributed by atoms with van der Waals surface area (Å²) in [4.78, 5) is 11.8. The number of hydrogen-bond acceptors (Lipinski definition) is 5. The predicted octanol–water partition coefficient (Wildman–Crippen LogP) is 1.68. The van der Waals surface area contributed by atoms with E-state index < -0.39 is 0 Å². The topological polar surface area (TPSA) is 59.6 Å². The maximum atomic E-state index is 11.8. The smallest absolute Gasteiger partial charge is 0.221 e. The summed E-state index contributed by atoms with van der Waals surface area (Å²) in [5.41, 5.74) is 0. The quantitative estimate of drug-likeness (QED) is 0.713. The van der Waals surface area contributed by atoms with Crippen molar-refractivity contribution in [1.29, 1.82) is 0 Å². The molecule has 1 aromatic carbocycles. The predicted molar refractivity (Wildman–Crippen MR) is 89.8 cm³/mol. The van der Waals surface area contributed by atoms with Crippen LogP contribution in [0.15, 0.2) is 24.3 Å². The maximum Gasteiger partial charge on any atom is 0.221 e. The summed E-state index contributed by atoms with van der Waals surface area (Å²) in [6.45, 7) is 2.23. The Morgan fingerprint density at radius 3 is 2.82 bits per heavy atom. The summed E-state index contributed by atoms with van der Waals surface area (Å²) in [5.74, 6) is 3.91. The highest BCUT2D eigenvalue weighted by atomic mass is 32.2. The molecule has 1 aromatic rings. The summed E-state index contributed by atoms with van der Waals surface area (Å²) < 4.78 is 10.7. The number of thioether (sulfide) groups is 1. The highest BCUT2D eigenvalue weighted by Gasteiger charge is 2.16. The van der Waals surface area contributed by atoms with Gasteiger partial charge in [0.15, 0.2) is 0 Å². The van der Waals surface area contributed by atoms with Gasteiger partial charge < -0.3 is 20.1 Å². The van der Waals surface area contributed by atoms with Gasteiger partial charge in [-0.1, -0.05) is 0 Å².